The Morgan fingerprint density at radius 3 is 2.40 bits per heavy atom. The maximum absolute atomic E-state index is 12.9. The molecule has 1 aromatic carbocycles. The molecule has 25 heavy (non-hydrogen) atoms. The van der Waals surface area contributed by atoms with Crippen molar-refractivity contribution < 1.29 is 9.59 Å². The zero-order chi connectivity index (χ0) is 17.8. The van der Waals surface area contributed by atoms with E-state index in [0.29, 0.717) is 18.0 Å². The number of carbonyl (C=O) groups excluding carboxylic acids is 2. The second kappa shape index (κ2) is 7.85. The average Bonchev–Trinajstić information content (AvgIpc) is 3.11. The van der Waals surface area contributed by atoms with Crippen LogP contribution in [0.1, 0.15) is 45.1 Å². The summed E-state index contributed by atoms with van der Waals surface area (Å²) in [5.41, 5.74) is 1.71. The highest BCUT2D eigenvalue weighted by atomic mass is 16.2. The van der Waals surface area contributed by atoms with Gasteiger partial charge in [-0.25, -0.2) is 0 Å². The molecule has 0 spiro atoms. The number of piperidine rings is 1. The Hall–Kier alpha value is -2.10. The lowest BCUT2D eigenvalue weighted by atomic mass is 9.98. The Morgan fingerprint density at radius 1 is 1.04 bits per heavy atom. The number of benzene rings is 1. The van der Waals surface area contributed by atoms with Crippen LogP contribution < -0.4 is 0 Å². The minimum atomic E-state index is -0.278. The molecule has 4 heteroatoms. The maximum atomic E-state index is 12.9. The predicted molar refractivity (Wildman–Crippen MR) is 99.8 cm³/mol. The highest BCUT2D eigenvalue weighted by Crippen LogP contribution is 2.25. The molecule has 2 saturated heterocycles. The smallest absolute Gasteiger partial charge is 0.250 e. The van der Waals surface area contributed by atoms with Gasteiger partial charge in [-0.05, 0) is 50.2 Å². The molecule has 1 atom stereocenters. The summed E-state index contributed by atoms with van der Waals surface area (Å²) in [5.74, 6) is 0.830. The lowest BCUT2D eigenvalue weighted by molar-refractivity contribution is -0.143. The molecule has 2 fully saturated rings. The lowest BCUT2D eigenvalue weighted by Crippen LogP contribution is -2.50. The number of likely N-dealkylation sites (tertiary alicyclic amines) is 2. The van der Waals surface area contributed by atoms with Gasteiger partial charge >= 0.3 is 0 Å². The minimum Gasteiger partial charge on any atom is -0.341 e. The first-order chi connectivity index (χ1) is 12.1. The van der Waals surface area contributed by atoms with Crippen molar-refractivity contribution in [2.45, 2.75) is 45.6 Å². The van der Waals surface area contributed by atoms with Crippen molar-refractivity contribution in [1.29, 1.82) is 0 Å². The van der Waals surface area contributed by atoms with Crippen molar-refractivity contribution in [2.75, 3.05) is 19.6 Å². The van der Waals surface area contributed by atoms with E-state index in [1.54, 1.807) is 4.90 Å². The number of hydrogen-bond donors (Lipinski definition) is 0. The van der Waals surface area contributed by atoms with Crippen LogP contribution in [0, 0.1) is 5.92 Å². The molecule has 0 unspecified atom stereocenters. The second-order valence-corrected chi connectivity index (χ2v) is 7.40. The van der Waals surface area contributed by atoms with Crippen molar-refractivity contribution in [1.82, 2.24) is 9.80 Å². The van der Waals surface area contributed by atoms with Crippen molar-refractivity contribution >= 4 is 17.9 Å². The third-order valence-electron chi connectivity index (χ3n) is 5.41. The molecule has 4 nitrogen and oxygen atoms in total. The number of hydrogen-bond acceptors (Lipinski definition) is 2. The van der Waals surface area contributed by atoms with Crippen LogP contribution in [-0.4, -0.2) is 47.3 Å². The van der Waals surface area contributed by atoms with Gasteiger partial charge in [0.2, 0.25) is 11.8 Å². The second-order valence-electron chi connectivity index (χ2n) is 7.40. The van der Waals surface area contributed by atoms with Gasteiger partial charge in [0.1, 0.15) is 6.04 Å². The summed E-state index contributed by atoms with van der Waals surface area (Å²) in [5, 5.41) is 0. The molecule has 1 aromatic rings. The largest absolute Gasteiger partial charge is 0.341 e. The zero-order valence-corrected chi connectivity index (χ0v) is 15.3. The topological polar surface area (TPSA) is 40.6 Å². The van der Waals surface area contributed by atoms with Gasteiger partial charge in [0.05, 0.1) is 0 Å². The molecule has 2 amide bonds. The highest BCUT2D eigenvalue weighted by molar-refractivity contribution is 6.00. The van der Waals surface area contributed by atoms with Gasteiger partial charge in [-0.15, -0.1) is 0 Å². The van der Waals surface area contributed by atoms with Gasteiger partial charge in [0.15, 0.2) is 0 Å². The molecule has 0 aromatic heterocycles. The van der Waals surface area contributed by atoms with Crippen LogP contribution >= 0.6 is 0 Å². The van der Waals surface area contributed by atoms with Crippen molar-refractivity contribution in [2.24, 2.45) is 5.92 Å². The van der Waals surface area contributed by atoms with Crippen LogP contribution in [-0.2, 0) is 9.59 Å². The summed E-state index contributed by atoms with van der Waals surface area (Å²) < 4.78 is 0. The molecule has 0 N–H and O–H groups in total. The Balaban J connectivity index is 1.69. The Morgan fingerprint density at radius 2 is 1.72 bits per heavy atom. The SMILES string of the molecule is C/C(=C\c1ccccc1)C(=O)N1CCC[C@H]1C(=O)N1CCC(C)CC1. The highest BCUT2D eigenvalue weighted by Gasteiger charge is 2.37. The number of rotatable bonds is 3. The maximum Gasteiger partial charge on any atom is 0.250 e. The van der Waals surface area contributed by atoms with E-state index in [1.165, 1.54) is 0 Å². The quantitative estimate of drug-likeness (QED) is 0.792. The molecule has 0 radical (unpaired) electrons. The lowest BCUT2D eigenvalue weighted by Gasteiger charge is -2.34. The first-order valence-corrected chi connectivity index (χ1v) is 9.39. The normalized spacial score (nSPS) is 22.3. The molecule has 2 heterocycles. The van der Waals surface area contributed by atoms with Crippen LogP contribution in [0.25, 0.3) is 6.08 Å². The zero-order valence-electron chi connectivity index (χ0n) is 15.3. The van der Waals surface area contributed by atoms with E-state index in [-0.39, 0.29) is 17.9 Å². The van der Waals surface area contributed by atoms with Gasteiger partial charge in [-0.1, -0.05) is 37.3 Å². The predicted octanol–water partition coefficient (Wildman–Crippen LogP) is 3.34. The van der Waals surface area contributed by atoms with E-state index >= 15 is 0 Å². The first kappa shape index (κ1) is 17.7. The molecule has 2 aliphatic heterocycles. The van der Waals surface area contributed by atoms with E-state index in [2.05, 4.69) is 6.92 Å². The van der Waals surface area contributed by atoms with Crippen LogP contribution in [0.5, 0.6) is 0 Å². The fourth-order valence-corrected chi connectivity index (χ4v) is 3.79. The standard InChI is InChI=1S/C21H28N2O2/c1-16-10-13-22(14-11-16)21(25)19-9-6-12-23(19)20(24)17(2)15-18-7-4-3-5-8-18/h3-5,7-8,15-16,19H,6,9-14H2,1-2H3/b17-15+/t19-/m0/s1. The summed E-state index contributed by atoms with van der Waals surface area (Å²) in [6, 6.07) is 9.58. The molecule has 0 bridgehead atoms. The Bertz CT molecular complexity index is 645. The van der Waals surface area contributed by atoms with Gasteiger partial charge in [0.25, 0.3) is 0 Å². The molecular formula is C21H28N2O2. The monoisotopic (exact) mass is 340 g/mol. The summed E-state index contributed by atoms with van der Waals surface area (Å²) in [4.78, 5) is 29.6. The number of carbonyl (C=O) groups is 2. The third-order valence-corrected chi connectivity index (χ3v) is 5.41. The summed E-state index contributed by atoms with van der Waals surface area (Å²) in [6.45, 7) is 6.43. The van der Waals surface area contributed by atoms with E-state index < -0.39 is 0 Å². The van der Waals surface area contributed by atoms with Crippen LogP contribution in [0.15, 0.2) is 35.9 Å². The number of amides is 2. The third kappa shape index (κ3) is 4.12. The van der Waals surface area contributed by atoms with E-state index in [1.807, 2.05) is 48.2 Å². The molecule has 134 valence electrons. The summed E-state index contributed by atoms with van der Waals surface area (Å²) >= 11 is 0. The fourth-order valence-electron chi connectivity index (χ4n) is 3.79. The Kier molecular flexibility index (Phi) is 5.57. The van der Waals surface area contributed by atoms with Crippen molar-refractivity contribution in [3.63, 3.8) is 0 Å². The summed E-state index contributed by atoms with van der Waals surface area (Å²) in [7, 11) is 0. The average molecular weight is 340 g/mol. The van der Waals surface area contributed by atoms with Crippen LogP contribution in [0.2, 0.25) is 0 Å². The summed E-state index contributed by atoms with van der Waals surface area (Å²) in [6.07, 6.45) is 5.74. The minimum absolute atomic E-state index is 0.00918. The van der Waals surface area contributed by atoms with Crippen LogP contribution in [0.3, 0.4) is 0 Å². The molecule has 0 saturated carbocycles. The first-order valence-electron chi connectivity index (χ1n) is 9.39. The van der Waals surface area contributed by atoms with E-state index in [4.69, 9.17) is 0 Å². The molecular weight excluding hydrogens is 312 g/mol. The molecule has 3 rings (SSSR count). The van der Waals surface area contributed by atoms with Gasteiger partial charge in [-0.2, -0.15) is 0 Å². The molecule has 2 aliphatic rings. The van der Waals surface area contributed by atoms with Gasteiger partial charge < -0.3 is 9.80 Å². The number of nitrogens with zero attached hydrogens (tertiary/aromatic N) is 2. The van der Waals surface area contributed by atoms with Gasteiger partial charge in [-0.3, -0.25) is 9.59 Å². The van der Waals surface area contributed by atoms with Crippen molar-refractivity contribution in [3.8, 4) is 0 Å². The Labute approximate surface area is 150 Å². The van der Waals surface area contributed by atoms with E-state index in [0.717, 1.165) is 44.3 Å². The fraction of sp³-hybridized carbons (Fsp3) is 0.524. The van der Waals surface area contributed by atoms with E-state index in [9.17, 15) is 9.59 Å². The van der Waals surface area contributed by atoms with Gasteiger partial charge in [0, 0.05) is 25.2 Å². The van der Waals surface area contributed by atoms with Crippen molar-refractivity contribution in [3.05, 3.63) is 41.5 Å². The molecule has 0 aliphatic carbocycles. The van der Waals surface area contributed by atoms with Crippen LogP contribution in [0.4, 0.5) is 0 Å².